The smallest absolute Gasteiger partial charge is 0.249 e. The van der Waals surface area contributed by atoms with Crippen LogP contribution in [0.4, 0.5) is 0 Å². The van der Waals surface area contributed by atoms with E-state index in [1.807, 2.05) is 0 Å². The molecule has 1 heterocycles. The van der Waals surface area contributed by atoms with Gasteiger partial charge in [0.1, 0.15) is 0 Å². The number of nitrogens with zero attached hydrogens (tertiary/aromatic N) is 1. The van der Waals surface area contributed by atoms with Gasteiger partial charge in [-0.05, 0) is 18.2 Å². The van der Waals surface area contributed by atoms with Crippen LogP contribution in [0.5, 0.6) is 0 Å². The molecule has 0 spiro atoms. The van der Waals surface area contributed by atoms with E-state index in [1.165, 1.54) is 4.57 Å². The Hall–Kier alpha value is -2.10. The number of hydrogen-bond acceptors (Lipinski definition) is 2. The number of hydrogen-bond donors (Lipinski definition) is 1. The molecule has 0 fully saturated rings. The normalized spacial score (nSPS) is 10.3. The highest BCUT2D eigenvalue weighted by Gasteiger charge is 2.08. The molecule has 0 aliphatic rings. The van der Waals surface area contributed by atoms with Gasteiger partial charge in [0, 0.05) is 17.1 Å². The Balaban J connectivity index is 2.82. The van der Waals surface area contributed by atoms with Gasteiger partial charge in [-0.2, -0.15) is 0 Å². The van der Waals surface area contributed by atoms with Crippen molar-refractivity contribution in [2.75, 3.05) is 0 Å². The van der Waals surface area contributed by atoms with Crippen LogP contribution in [0, 0.1) is 0 Å². The molecule has 70 valence electrons. The van der Waals surface area contributed by atoms with Crippen molar-refractivity contribution < 1.29 is 9.59 Å². The highest BCUT2D eigenvalue weighted by molar-refractivity contribution is 6.06. The summed E-state index contributed by atoms with van der Waals surface area (Å²) in [7, 11) is 0. The van der Waals surface area contributed by atoms with Crippen LogP contribution in [0.2, 0.25) is 0 Å². The van der Waals surface area contributed by atoms with Crippen molar-refractivity contribution in [3.05, 3.63) is 36.0 Å². The van der Waals surface area contributed by atoms with Gasteiger partial charge in [0.25, 0.3) is 0 Å². The van der Waals surface area contributed by atoms with Crippen molar-refractivity contribution in [3.63, 3.8) is 0 Å². The Bertz CT molecular complexity index is 514. The van der Waals surface area contributed by atoms with Gasteiger partial charge in [-0.3, -0.25) is 14.2 Å². The molecule has 2 rings (SSSR count). The van der Waals surface area contributed by atoms with Gasteiger partial charge in [0.15, 0.2) is 0 Å². The fourth-order valence-corrected chi connectivity index (χ4v) is 1.50. The van der Waals surface area contributed by atoms with Gasteiger partial charge in [-0.25, -0.2) is 0 Å². The summed E-state index contributed by atoms with van der Waals surface area (Å²) in [5, 5.41) is 0.701. The van der Waals surface area contributed by atoms with E-state index in [1.54, 1.807) is 30.5 Å². The number of carbonyl (C=O) groups is 2. The summed E-state index contributed by atoms with van der Waals surface area (Å²) in [6, 6.07) is 6.79. The third kappa shape index (κ3) is 1.08. The molecule has 1 aromatic carbocycles. The summed E-state index contributed by atoms with van der Waals surface area (Å²) in [6.45, 7) is 0. The van der Waals surface area contributed by atoms with E-state index in [0.29, 0.717) is 22.9 Å². The number of fused-ring (bicyclic) bond motifs is 1. The van der Waals surface area contributed by atoms with E-state index in [-0.39, 0.29) is 0 Å². The number of aromatic nitrogens is 1. The second kappa shape index (κ2) is 2.99. The van der Waals surface area contributed by atoms with Crippen LogP contribution < -0.4 is 5.73 Å². The van der Waals surface area contributed by atoms with Crippen molar-refractivity contribution in [2.45, 2.75) is 0 Å². The average molecular weight is 188 g/mol. The summed E-state index contributed by atoms with van der Waals surface area (Å²) < 4.78 is 1.40. The van der Waals surface area contributed by atoms with Crippen molar-refractivity contribution in [1.29, 1.82) is 0 Å². The summed E-state index contributed by atoms with van der Waals surface area (Å²) in [5.41, 5.74) is 6.32. The number of rotatable bonds is 2. The first-order valence-corrected chi connectivity index (χ1v) is 4.08. The summed E-state index contributed by atoms with van der Waals surface area (Å²) >= 11 is 0. The van der Waals surface area contributed by atoms with Gasteiger partial charge < -0.3 is 5.73 Å². The fourth-order valence-electron chi connectivity index (χ4n) is 1.50. The molecule has 2 aromatic rings. The van der Waals surface area contributed by atoms with Crippen LogP contribution in [0.15, 0.2) is 30.5 Å². The lowest BCUT2D eigenvalue weighted by atomic mass is 10.1. The summed E-state index contributed by atoms with van der Waals surface area (Å²) in [6.07, 6.45) is 2.29. The van der Waals surface area contributed by atoms with Crippen molar-refractivity contribution in [3.8, 4) is 0 Å². The van der Waals surface area contributed by atoms with E-state index in [9.17, 15) is 9.59 Å². The lowest BCUT2D eigenvalue weighted by Gasteiger charge is -1.98. The van der Waals surface area contributed by atoms with Gasteiger partial charge in [0.05, 0.1) is 5.52 Å². The molecule has 1 amide bonds. The Kier molecular flexibility index (Phi) is 1.81. The number of carbonyl (C=O) groups excluding carboxylic acids is 2. The predicted molar refractivity (Wildman–Crippen MR) is 52.6 cm³/mol. The zero-order valence-corrected chi connectivity index (χ0v) is 7.31. The number of benzene rings is 1. The lowest BCUT2D eigenvalue weighted by Crippen LogP contribution is -2.11. The van der Waals surface area contributed by atoms with Crippen LogP contribution in [-0.4, -0.2) is 16.9 Å². The fraction of sp³-hybridized carbons (Fsp3) is 0. The van der Waals surface area contributed by atoms with Gasteiger partial charge in [-0.1, -0.05) is 6.07 Å². The van der Waals surface area contributed by atoms with Crippen LogP contribution in [-0.2, 0) is 4.79 Å². The van der Waals surface area contributed by atoms with Crippen LogP contribution in [0.25, 0.3) is 10.9 Å². The lowest BCUT2D eigenvalue weighted by molar-refractivity contribution is 0.100. The molecular formula is C10H8N2O2. The summed E-state index contributed by atoms with van der Waals surface area (Å²) in [4.78, 5) is 21.6. The third-order valence-corrected chi connectivity index (χ3v) is 2.14. The molecule has 0 aliphatic carbocycles. The second-order valence-electron chi connectivity index (χ2n) is 2.93. The number of nitrogens with two attached hydrogens (primary N) is 1. The molecule has 0 radical (unpaired) electrons. The zero-order chi connectivity index (χ0) is 10.1. The molecule has 4 nitrogen and oxygen atoms in total. The number of amides is 1. The Morgan fingerprint density at radius 2 is 2.14 bits per heavy atom. The quantitative estimate of drug-likeness (QED) is 0.707. The predicted octanol–water partition coefficient (Wildman–Crippen LogP) is 0.778. The third-order valence-electron chi connectivity index (χ3n) is 2.14. The first-order chi connectivity index (χ1) is 6.74. The summed E-state index contributed by atoms with van der Waals surface area (Å²) in [5.74, 6) is -0.487. The molecule has 1 aromatic heterocycles. The maximum atomic E-state index is 11.0. The molecule has 0 bridgehead atoms. The molecule has 0 saturated heterocycles. The van der Waals surface area contributed by atoms with Gasteiger partial charge in [0.2, 0.25) is 12.3 Å². The molecule has 4 heteroatoms. The highest BCUT2D eigenvalue weighted by Crippen LogP contribution is 2.18. The van der Waals surface area contributed by atoms with E-state index >= 15 is 0 Å². The van der Waals surface area contributed by atoms with E-state index < -0.39 is 5.91 Å². The minimum Gasteiger partial charge on any atom is -0.366 e. The monoisotopic (exact) mass is 188 g/mol. The molecule has 0 unspecified atom stereocenters. The molecule has 0 saturated carbocycles. The first-order valence-electron chi connectivity index (χ1n) is 4.08. The van der Waals surface area contributed by atoms with Gasteiger partial charge in [-0.15, -0.1) is 0 Å². The average Bonchev–Trinajstić information content (AvgIpc) is 2.59. The van der Waals surface area contributed by atoms with Crippen LogP contribution >= 0.6 is 0 Å². The molecule has 0 aliphatic heterocycles. The number of primary amides is 1. The van der Waals surface area contributed by atoms with Crippen molar-refractivity contribution in [1.82, 2.24) is 4.57 Å². The topological polar surface area (TPSA) is 65.1 Å². The van der Waals surface area contributed by atoms with Crippen LogP contribution in [0.1, 0.15) is 10.4 Å². The minimum atomic E-state index is -0.487. The van der Waals surface area contributed by atoms with E-state index in [4.69, 9.17) is 5.73 Å². The Morgan fingerprint density at radius 1 is 1.36 bits per heavy atom. The van der Waals surface area contributed by atoms with Crippen molar-refractivity contribution in [2.24, 2.45) is 5.73 Å². The highest BCUT2D eigenvalue weighted by atomic mass is 16.1. The van der Waals surface area contributed by atoms with E-state index in [0.717, 1.165) is 0 Å². The first kappa shape index (κ1) is 8.50. The molecule has 0 atom stereocenters. The van der Waals surface area contributed by atoms with Gasteiger partial charge >= 0.3 is 0 Å². The zero-order valence-electron chi connectivity index (χ0n) is 7.31. The standard InChI is InChI=1S/C10H8N2O2/c11-10(14)8-2-1-3-9-7(8)4-5-12(9)6-13/h1-6H,(H2,11,14). The van der Waals surface area contributed by atoms with E-state index in [2.05, 4.69) is 0 Å². The minimum absolute atomic E-state index is 0.433. The maximum Gasteiger partial charge on any atom is 0.249 e. The van der Waals surface area contributed by atoms with Crippen LogP contribution in [0.3, 0.4) is 0 Å². The maximum absolute atomic E-state index is 11.0. The second-order valence-corrected chi connectivity index (χ2v) is 2.93. The molecule has 14 heavy (non-hydrogen) atoms. The van der Waals surface area contributed by atoms with Crippen molar-refractivity contribution >= 4 is 23.2 Å². The Labute approximate surface area is 79.9 Å². The molecular weight excluding hydrogens is 180 g/mol. The SMILES string of the molecule is NC(=O)c1cccc2c1ccn2C=O. The Morgan fingerprint density at radius 3 is 2.79 bits per heavy atom. The molecule has 2 N–H and O–H groups in total. The largest absolute Gasteiger partial charge is 0.366 e.